The maximum absolute atomic E-state index is 13.3. The summed E-state index contributed by atoms with van der Waals surface area (Å²) in [5, 5.41) is 1.33. The number of thiazole rings is 1. The van der Waals surface area contributed by atoms with Crippen LogP contribution in [0.1, 0.15) is 16.1 Å². The van der Waals surface area contributed by atoms with Gasteiger partial charge in [0.15, 0.2) is 5.13 Å². The van der Waals surface area contributed by atoms with Crippen LogP contribution in [0.15, 0.2) is 63.7 Å². The second-order valence-corrected chi connectivity index (χ2v) is 8.47. The summed E-state index contributed by atoms with van der Waals surface area (Å²) in [4.78, 5) is 19.4. The van der Waals surface area contributed by atoms with Gasteiger partial charge in [0, 0.05) is 9.50 Å². The number of hydrogen-bond acceptors (Lipinski definition) is 4. The van der Waals surface area contributed by atoms with E-state index in [1.165, 1.54) is 11.3 Å². The van der Waals surface area contributed by atoms with E-state index in [4.69, 9.17) is 27.6 Å². The quantitative estimate of drug-likeness (QED) is 0.321. The molecule has 136 valence electrons. The number of carbonyl (C=O) groups is 1. The lowest BCUT2D eigenvalue weighted by Gasteiger charge is -2.19. The first kappa shape index (κ1) is 18.5. The standard InChI is InChI=1S/C19H11BrCl2N2O2S/c20-11-3-6-16-17(8-11)27-19(23-16)24(10-13-2-1-7-26-13)18(25)14-5-4-12(21)9-15(14)22/h1-9H,10H2. The third-order valence-corrected chi connectivity index (χ3v) is 5.95. The average molecular weight is 482 g/mol. The molecule has 2 heterocycles. The minimum atomic E-state index is -0.272. The first-order valence-electron chi connectivity index (χ1n) is 7.86. The molecule has 4 nitrogen and oxygen atoms in total. The third-order valence-electron chi connectivity index (χ3n) is 3.87. The van der Waals surface area contributed by atoms with Gasteiger partial charge in [0.2, 0.25) is 0 Å². The molecule has 0 bridgehead atoms. The van der Waals surface area contributed by atoms with E-state index in [-0.39, 0.29) is 12.5 Å². The predicted molar refractivity (Wildman–Crippen MR) is 113 cm³/mol. The summed E-state index contributed by atoms with van der Waals surface area (Å²) in [7, 11) is 0. The van der Waals surface area contributed by atoms with Crippen LogP contribution >= 0.6 is 50.5 Å². The Balaban J connectivity index is 1.79. The fourth-order valence-electron chi connectivity index (χ4n) is 2.59. The van der Waals surface area contributed by atoms with Crippen molar-refractivity contribution in [3.8, 4) is 0 Å². The summed E-state index contributed by atoms with van der Waals surface area (Å²) >= 11 is 17.1. The van der Waals surface area contributed by atoms with E-state index in [1.807, 2.05) is 24.3 Å². The molecule has 0 aliphatic rings. The van der Waals surface area contributed by atoms with E-state index >= 15 is 0 Å². The lowest BCUT2D eigenvalue weighted by atomic mass is 10.2. The minimum absolute atomic E-state index is 0.242. The van der Waals surface area contributed by atoms with E-state index in [9.17, 15) is 4.79 Å². The smallest absolute Gasteiger partial charge is 0.262 e. The maximum atomic E-state index is 13.3. The molecular formula is C19H11BrCl2N2O2S. The molecule has 1 amide bonds. The highest BCUT2D eigenvalue weighted by Crippen LogP contribution is 2.33. The van der Waals surface area contributed by atoms with Crippen LogP contribution in [-0.4, -0.2) is 10.9 Å². The third kappa shape index (κ3) is 3.89. The summed E-state index contributed by atoms with van der Waals surface area (Å²) in [5.74, 6) is 0.375. The molecule has 2 aromatic carbocycles. The molecule has 4 rings (SSSR count). The Kier molecular flexibility index (Phi) is 5.23. The molecule has 0 spiro atoms. The second-order valence-electron chi connectivity index (χ2n) is 5.70. The highest BCUT2D eigenvalue weighted by molar-refractivity contribution is 9.10. The molecule has 0 atom stereocenters. The zero-order chi connectivity index (χ0) is 19.0. The monoisotopic (exact) mass is 480 g/mol. The van der Waals surface area contributed by atoms with Gasteiger partial charge in [-0.3, -0.25) is 9.69 Å². The molecule has 0 radical (unpaired) electrons. The Morgan fingerprint density at radius 1 is 1.19 bits per heavy atom. The topological polar surface area (TPSA) is 46.3 Å². The summed E-state index contributed by atoms with van der Waals surface area (Å²) in [6.07, 6.45) is 1.57. The first-order chi connectivity index (χ1) is 13.0. The molecule has 0 saturated carbocycles. The van der Waals surface area contributed by atoms with Gasteiger partial charge in [-0.1, -0.05) is 50.5 Å². The van der Waals surface area contributed by atoms with Crippen molar-refractivity contribution in [3.05, 3.63) is 80.6 Å². The number of halogens is 3. The van der Waals surface area contributed by atoms with E-state index in [2.05, 4.69) is 20.9 Å². The van der Waals surface area contributed by atoms with Gasteiger partial charge in [0.05, 0.1) is 33.6 Å². The van der Waals surface area contributed by atoms with Crippen molar-refractivity contribution in [2.75, 3.05) is 4.90 Å². The van der Waals surface area contributed by atoms with Gasteiger partial charge >= 0.3 is 0 Å². The number of anilines is 1. The van der Waals surface area contributed by atoms with Gasteiger partial charge < -0.3 is 4.42 Å². The Morgan fingerprint density at radius 2 is 2.04 bits per heavy atom. The van der Waals surface area contributed by atoms with E-state index in [0.717, 1.165) is 14.7 Å². The minimum Gasteiger partial charge on any atom is -0.467 e. The maximum Gasteiger partial charge on any atom is 0.262 e. The molecule has 4 aromatic rings. The van der Waals surface area contributed by atoms with Crippen molar-refractivity contribution in [1.82, 2.24) is 4.98 Å². The Labute approximate surface area is 177 Å². The van der Waals surface area contributed by atoms with Crippen molar-refractivity contribution >= 4 is 71.7 Å². The number of nitrogens with zero attached hydrogens (tertiary/aromatic N) is 2. The number of carbonyl (C=O) groups excluding carboxylic acids is 1. The molecule has 0 fully saturated rings. The van der Waals surface area contributed by atoms with Crippen LogP contribution in [0.4, 0.5) is 5.13 Å². The number of amides is 1. The SMILES string of the molecule is O=C(c1ccc(Cl)cc1Cl)N(Cc1ccco1)c1nc2ccc(Br)cc2s1. The van der Waals surface area contributed by atoms with Gasteiger partial charge in [0.1, 0.15) is 5.76 Å². The number of rotatable bonds is 4. The fraction of sp³-hybridized carbons (Fsp3) is 0.0526. The second kappa shape index (κ2) is 7.64. The summed E-state index contributed by atoms with van der Waals surface area (Å²) in [5.41, 5.74) is 1.17. The van der Waals surface area contributed by atoms with E-state index in [1.54, 1.807) is 35.4 Å². The highest BCUT2D eigenvalue weighted by atomic mass is 79.9. The van der Waals surface area contributed by atoms with Gasteiger partial charge in [-0.05, 0) is 48.5 Å². The van der Waals surface area contributed by atoms with Crippen LogP contribution in [0.2, 0.25) is 10.0 Å². The van der Waals surface area contributed by atoms with Crippen LogP contribution < -0.4 is 4.90 Å². The van der Waals surface area contributed by atoms with Crippen LogP contribution in [0.3, 0.4) is 0 Å². The summed E-state index contributed by atoms with van der Waals surface area (Å²) < 4.78 is 7.36. The van der Waals surface area contributed by atoms with Crippen molar-refractivity contribution in [3.63, 3.8) is 0 Å². The molecule has 0 N–H and O–H groups in total. The molecule has 27 heavy (non-hydrogen) atoms. The van der Waals surface area contributed by atoms with Crippen LogP contribution in [0.5, 0.6) is 0 Å². The van der Waals surface area contributed by atoms with Crippen molar-refractivity contribution in [1.29, 1.82) is 0 Å². The Bertz CT molecular complexity index is 1130. The fourth-order valence-corrected chi connectivity index (χ4v) is 4.60. The molecule has 0 aliphatic heterocycles. The molecular weight excluding hydrogens is 471 g/mol. The van der Waals surface area contributed by atoms with Crippen molar-refractivity contribution in [2.24, 2.45) is 0 Å². The zero-order valence-electron chi connectivity index (χ0n) is 13.7. The average Bonchev–Trinajstić information content (AvgIpc) is 3.28. The van der Waals surface area contributed by atoms with Crippen LogP contribution in [0, 0.1) is 0 Å². The number of aromatic nitrogens is 1. The summed E-state index contributed by atoms with van der Waals surface area (Å²) in [6.45, 7) is 0.242. The number of fused-ring (bicyclic) bond motifs is 1. The lowest BCUT2D eigenvalue weighted by Crippen LogP contribution is -2.30. The van der Waals surface area contributed by atoms with E-state index < -0.39 is 0 Å². The highest BCUT2D eigenvalue weighted by Gasteiger charge is 2.24. The van der Waals surface area contributed by atoms with Gasteiger partial charge in [-0.2, -0.15) is 0 Å². The Hall–Kier alpha value is -1.86. The number of hydrogen-bond donors (Lipinski definition) is 0. The van der Waals surface area contributed by atoms with Crippen molar-refractivity contribution in [2.45, 2.75) is 6.54 Å². The summed E-state index contributed by atoms with van der Waals surface area (Å²) in [6, 6.07) is 14.2. The zero-order valence-corrected chi connectivity index (χ0v) is 17.6. The van der Waals surface area contributed by atoms with E-state index in [0.29, 0.717) is 26.5 Å². The van der Waals surface area contributed by atoms with Gasteiger partial charge in [-0.25, -0.2) is 4.98 Å². The predicted octanol–water partition coefficient (Wildman–Crippen LogP) is 6.81. The van der Waals surface area contributed by atoms with Crippen molar-refractivity contribution < 1.29 is 9.21 Å². The molecule has 8 heteroatoms. The molecule has 0 aliphatic carbocycles. The first-order valence-corrected chi connectivity index (χ1v) is 10.2. The molecule has 0 unspecified atom stereocenters. The number of furan rings is 1. The van der Waals surface area contributed by atoms with Gasteiger partial charge in [-0.15, -0.1) is 0 Å². The van der Waals surface area contributed by atoms with Crippen LogP contribution in [0.25, 0.3) is 10.2 Å². The normalized spacial score (nSPS) is 11.1. The largest absolute Gasteiger partial charge is 0.467 e. The van der Waals surface area contributed by atoms with Crippen LogP contribution in [-0.2, 0) is 6.54 Å². The molecule has 2 aromatic heterocycles. The molecule has 0 saturated heterocycles. The lowest BCUT2D eigenvalue weighted by molar-refractivity contribution is 0.0983. The number of benzene rings is 2. The van der Waals surface area contributed by atoms with Gasteiger partial charge in [0.25, 0.3) is 5.91 Å². The Morgan fingerprint density at radius 3 is 2.78 bits per heavy atom.